The second-order valence-electron chi connectivity index (χ2n) is 11.1. The van der Waals surface area contributed by atoms with Gasteiger partial charge in [0.15, 0.2) is 0 Å². The molecule has 0 bridgehead atoms. The maximum absolute atomic E-state index is 13.4. The Hall–Kier alpha value is -0.350. The van der Waals surface area contributed by atoms with Crippen molar-refractivity contribution in [3.05, 3.63) is 0 Å². The number of fused-ring (bicyclic) bond motifs is 1. The zero-order valence-electron chi connectivity index (χ0n) is 19.8. The molecule has 2 saturated carbocycles. The largest absolute Gasteiger partial charge is 0.332 e. The number of carbonyl (C=O) groups excluding carboxylic acids is 1. The second kappa shape index (κ2) is 10.7. The molecule has 5 atom stereocenters. The van der Waals surface area contributed by atoms with Gasteiger partial charge >= 0.3 is 0 Å². The lowest BCUT2D eigenvalue weighted by atomic mass is 9.76. The number of hydrogen-bond acceptors (Lipinski definition) is 6. The molecule has 0 spiro atoms. The van der Waals surface area contributed by atoms with Gasteiger partial charge in [-0.25, -0.2) is 12.7 Å². The molecule has 33 heavy (non-hydrogen) atoms. The van der Waals surface area contributed by atoms with Crippen LogP contribution in [0.4, 0.5) is 0 Å². The number of rotatable bonds is 5. The lowest BCUT2D eigenvalue weighted by Gasteiger charge is -2.42. The summed E-state index contributed by atoms with van der Waals surface area (Å²) >= 11 is 1.80. The molecule has 0 aromatic carbocycles. The summed E-state index contributed by atoms with van der Waals surface area (Å²) in [4.78, 5) is 12.9. The first kappa shape index (κ1) is 24.3. The number of piperidine rings is 2. The Morgan fingerprint density at radius 1 is 0.909 bits per heavy atom. The van der Waals surface area contributed by atoms with Crippen LogP contribution >= 0.6 is 11.8 Å². The van der Waals surface area contributed by atoms with E-state index in [4.69, 9.17) is 0 Å². The molecule has 0 aromatic heterocycles. The van der Waals surface area contributed by atoms with Gasteiger partial charge in [0.05, 0.1) is 5.25 Å². The number of amides is 1. The molecule has 3 saturated heterocycles. The van der Waals surface area contributed by atoms with Crippen molar-refractivity contribution in [1.82, 2.24) is 20.3 Å². The molecule has 188 valence electrons. The Labute approximate surface area is 204 Å². The normalized spacial score (nSPS) is 40.8. The fourth-order valence-electron chi connectivity index (χ4n) is 6.95. The highest BCUT2D eigenvalue weighted by Crippen LogP contribution is 2.39. The Kier molecular flexibility index (Phi) is 7.91. The summed E-state index contributed by atoms with van der Waals surface area (Å²) in [5, 5.41) is 10.00. The minimum atomic E-state index is -3.25. The molecule has 5 rings (SSSR count). The third kappa shape index (κ3) is 5.57. The molecule has 3 N–H and O–H groups in total. The topological polar surface area (TPSA) is 90.5 Å². The Balaban J connectivity index is 1.08. The molecule has 0 radical (unpaired) electrons. The van der Waals surface area contributed by atoms with Gasteiger partial charge in [-0.2, -0.15) is 0 Å². The van der Waals surface area contributed by atoms with Gasteiger partial charge in [-0.15, -0.1) is 11.8 Å². The van der Waals surface area contributed by atoms with Gasteiger partial charge in [-0.1, -0.05) is 19.3 Å². The fraction of sp³-hybridized carbons (Fsp3) is 0.958. The molecular formula is C24H42N4O3S2. The van der Waals surface area contributed by atoms with Crippen molar-refractivity contribution in [2.75, 3.05) is 31.9 Å². The molecule has 3 aliphatic heterocycles. The molecule has 0 aromatic rings. The molecule has 5 fully saturated rings. The van der Waals surface area contributed by atoms with Crippen LogP contribution < -0.4 is 16.0 Å². The van der Waals surface area contributed by atoms with E-state index in [2.05, 4.69) is 16.0 Å². The average molecular weight is 499 g/mol. The van der Waals surface area contributed by atoms with Gasteiger partial charge in [-0.3, -0.25) is 10.1 Å². The SMILES string of the molecule is O=C(NC1NC(C2CCCNC2)CS1)C1CCC(S(=O)(=O)N2CCC3CCCCC3C2)CC1. The Morgan fingerprint density at radius 3 is 2.42 bits per heavy atom. The predicted octanol–water partition coefficient (Wildman–Crippen LogP) is 2.49. The van der Waals surface area contributed by atoms with Crippen LogP contribution in [0.2, 0.25) is 0 Å². The van der Waals surface area contributed by atoms with E-state index >= 15 is 0 Å². The van der Waals surface area contributed by atoms with E-state index in [1.54, 1.807) is 11.8 Å². The predicted molar refractivity (Wildman–Crippen MR) is 133 cm³/mol. The third-order valence-electron chi connectivity index (χ3n) is 9.07. The maximum Gasteiger partial charge on any atom is 0.224 e. The van der Waals surface area contributed by atoms with Gasteiger partial charge in [-0.05, 0) is 82.2 Å². The summed E-state index contributed by atoms with van der Waals surface area (Å²) in [6, 6.07) is 0.460. The number of nitrogens with one attached hydrogen (secondary N) is 3. The van der Waals surface area contributed by atoms with Crippen molar-refractivity contribution < 1.29 is 13.2 Å². The lowest BCUT2D eigenvalue weighted by molar-refractivity contribution is -0.126. The smallest absolute Gasteiger partial charge is 0.224 e. The van der Waals surface area contributed by atoms with Crippen LogP contribution in [-0.2, 0) is 14.8 Å². The van der Waals surface area contributed by atoms with Gasteiger partial charge < -0.3 is 10.6 Å². The monoisotopic (exact) mass is 498 g/mol. The van der Waals surface area contributed by atoms with Crippen LogP contribution in [0, 0.1) is 23.7 Å². The summed E-state index contributed by atoms with van der Waals surface area (Å²) in [5.74, 6) is 3.03. The molecule has 2 aliphatic carbocycles. The second-order valence-corrected chi connectivity index (χ2v) is 14.4. The van der Waals surface area contributed by atoms with Crippen LogP contribution in [0.1, 0.15) is 70.6 Å². The summed E-state index contributed by atoms with van der Waals surface area (Å²) in [6.07, 6.45) is 11.2. The van der Waals surface area contributed by atoms with Gasteiger partial charge in [0.25, 0.3) is 0 Å². The minimum Gasteiger partial charge on any atom is -0.332 e. The van der Waals surface area contributed by atoms with Crippen molar-refractivity contribution in [2.24, 2.45) is 23.7 Å². The number of carbonyl (C=O) groups is 1. The lowest BCUT2D eigenvalue weighted by Crippen LogP contribution is -2.50. The van der Waals surface area contributed by atoms with Crippen LogP contribution in [0.25, 0.3) is 0 Å². The summed E-state index contributed by atoms with van der Waals surface area (Å²) in [6.45, 7) is 3.62. The van der Waals surface area contributed by atoms with Gasteiger partial charge in [0.1, 0.15) is 5.50 Å². The Morgan fingerprint density at radius 2 is 1.67 bits per heavy atom. The van der Waals surface area contributed by atoms with Gasteiger partial charge in [0.2, 0.25) is 15.9 Å². The molecule has 5 aliphatic rings. The van der Waals surface area contributed by atoms with E-state index in [1.807, 2.05) is 4.31 Å². The molecule has 5 unspecified atom stereocenters. The van der Waals surface area contributed by atoms with Crippen LogP contribution in [0.5, 0.6) is 0 Å². The molecule has 9 heteroatoms. The number of thioether (sulfide) groups is 1. The van der Waals surface area contributed by atoms with E-state index in [-0.39, 0.29) is 22.6 Å². The fourth-order valence-corrected chi connectivity index (χ4v) is 10.2. The zero-order valence-corrected chi connectivity index (χ0v) is 21.5. The Bertz CT molecular complexity index is 781. The van der Waals surface area contributed by atoms with E-state index in [0.717, 1.165) is 37.7 Å². The summed E-state index contributed by atoms with van der Waals surface area (Å²) in [7, 11) is -3.25. The van der Waals surface area contributed by atoms with Crippen LogP contribution in [0.3, 0.4) is 0 Å². The highest BCUT2D eigenvalue weighted by molar-refractivity contribution is 8.00. The summed E-state index contributed by atoms with van der Waals surface area (Å²) in [5.41, 5.74) is -0.0114. The van der Waals surface area contributed by atoms with Crippen LogP contribution in [0.15, 0.2) is 0 Å². The molecule has 7 nitrogen and oxygen atoms in total. The van der Waals surface area contributed by atoms with E-state index in [9.17, 15) is 13.2 Å². The van der Waals surface area contributed by atoms with Crippen molar-refractivity contribution in [3.8, 4) is 0 Å². The standard InChI is InChI=1S/C24H42N4O3S2/c29-23(27-24-26-22(16-32-24)19-6-3-12-25-14-19)18-7-9-21(10-8-18)33(30,31)28-13-11-17-4-1-2-5-20(17)15-28/h17-22,24-26H,1-16H2,(H,27,29). The number of hydrogen-bond donors (Lipinski definition) is 3. The minimum absolute atomic E-state index is 0.0114. The highest BCUT2D eigenvalue weighted by Gasteiger charge is 2.41. The molecule has 3 heterocycles. The van der Waals surface area contributed by atoms with E-state index < -0.39 is 10.0 Å². The first-order valence-corrected chi connectivity index (χ1v) is 15.9. The first-order chi connectivity index (χ1) is 16.0. The van der Waals surface area contributed by atoms with Crippen molar-refractivity contribution >= 4 is 27.7 Å². The van der Waals surface area contributed by atoms with Crippen molar-refractivity contribution in [3.63, 3.8) is 0 Å². The summed E-state index contributed by atoms with van der Waals surface area (Å²) < 4.78 is 28.5. The average Bonchev–Trinajstić information content (AvgIpc) is 3.33. The third-order valence-corrected chi connectivity index (χ3v) is 12.6. The molecular weight excluding hydrogens is 456 g/mol. The number of sulfonamides is 1. The zero-order chi connectivity index (χ0) is 22.8. The van der Waals surface area contributed by atoms with Gasteiger partial charge in [0, 0.05) is 30.8 Å². The van der Waals surface area contributed by atoms with Crippen LogP contribution in [-0.4, -0.2) is 67.4 Å². The van der Waals surface area contributed by atoms with Crippen molar-refractivity contribution in [2.45, 2.75) is 87.4 Å². The van der Waals surface area contributed by atoms with Crippen molar-refractivity contribution in [1.29, 1.82) is 0 Å². The quantitative estimate of drug-likeness (QED) is 0.540. The van der Waals surface area contributed by atoms with E-state index in [0.29, 0.717) is 50.1 Å². The highest BCUT2D eigenvalue weighted by atomic mass is 32.2. The number of nitrogens with zero attached hydrogens (tertiary/aromatic N) is 1. The van der Waals surface area contributed by atoms with E-state index in [1.165, 1.54) is 38.5 Å². The molecule has 1 amide bonds. The first-order valence-electron chi connectivity index (χ1n) is 13.4. The maximum atomic E-state index is 13.4.